The summed E-state index contributed by atoms with van der Waals surface area (Å²) >= 11 is 0. The van der Waals surface area contributed by atoms with E-state index in [1.54, 1.807) is 32.2 Å². The summed E-state index contributed by atoms with van der Waals surface area (Å²) in [5.41, 5.74) is 4.96. The van der Waals surface area contributed by atoms with Crippen LogP contribution in [0.4, 0.5) is 5.69 Å². The number of hydrogen-bond acceptors (Lipinski definition) is 6. The maximum Gasteiger partial charge on any atom is 0.322 e. The number of nitrogens with zero attached hydrogens (tertiary/aromatic N) is 3. The van der Waals surface area contributed by atoms with Gasteiger partial charge in [-0.05, 0) is 59.4 Å². The molecule has 1 aliphatic rings. The Balaban J connectivity index is 1.31. The van der Waals surface area contributed by atoms with E-state index in [1.807, 2.05) is 36.4 Å². The summed E-state index contributed by atoms with van der Waals surface area (Å²) in [6, 6.07) is 18.1. The first-order valence-electron chi connectivity index (χ1n) is 14.6. The van der Waals surface area contributed by atoms with Crippen molar-refractivity contribution >= 4 is 27.8 Å². The number of piperazine rings is 1. The van der Waals surface area contributed by atoms with Crippen molar-refractivity contribution < 1.29 is 23.1 Å². The van der Waals surface area contributed by atoms with E-state index in [0.29, 0.717) is 36.8 Å². The number of carbonyl (C=O) groups is 2. The van der Waals surface area contributed by atoms with Crippen LogP contribution in [-0.4, -0.2) is 66.9 Å². The molecule has 0 spiro atoms. The largest absolute Gasteiger partial charge is 0.480 e. The summed E-state index contributed by atoms with van der Waals surface area (Å²) in [6.07, 6.45) is 1.57. The first kappa shape index (κ1) is 32.7. The minimum absolute atomic E-state index is 0.240. The number of hydrogen-bond donors (Lipinski definition) is 3. The van der Waals surface area contributed by atoms with Crippen LogP contribution in [0, 0.1) is 17.8 Å². The molecule has 1 aromatic heterocycles. The molecule has 1 aliphatic heterocycles. The van der Waals surface area contributed by atoms with Crippen LogP contribution in [0.2, 0.25) is 0 Å². The molecule has 0 bridgehead atoms. The Morgan fingerprint density at radius 3 is 2.14 bits per heavy atom. The van der Waals surface area contributed by atoms with E-state index in [9.17, 15) is 23.1 Å². The molecule has 0 saturated carbocycles. The molecule has 11 heteroatoms. The van der Waals surface area contributed by atoms with Crippen molar-refractivity contribution in [3.8, 4) is 11.8 Å². The van der Waals surface area contributed by atoms with Gasteiger partial charge in [0.05, 0.1) is 0 Å². The van der Waals surface area contributed by atoms with Crippen LogP contribution >= 0.6 is 0 Å². The number of carboxylic acid groups (broad SMARTS) is 1. The first-order chi connectivity index (χ1) is 20.9. The van der Waals surface area contributed by atoms with Gasteiger partial charge in [-0.15, -0.1) is 0 Å². The number of nitrogens with one attached hydrogen (secondary N) is 2. The van der Waals surface area contributed by atoms with Gasteiger partial charge in [-0.2, -0.15) is 17.4 Å². The van der Waals surface area contributed by atoms with Crippen LogP contribution in [0.5, 0.6) is 0 Å². The second kappa shape index (κ2) is 14.5. The van der Waals surface area contributed by atoms with Gasteiger partial charge < -0.3 is 15.3 Å². The Kier molecular flexibility index (Phi) is 10.8. The Morgan fingerprint density at radius 1 is 0.909 bits per heavy atom. The highest BCUT2D eigenvalue weighted by Crippen LogP contribution is 2.19. The van der Waals surface area contributed by atoms with Gasteiger partial charge in [0.15, 0.2) is 0 Å². The molecule has 0 radical (unpaired) electrons. The number of anilines is 1. The first-order valence-corrected chi connectivity index (χ1v) is 16.1. The number of aliphatic carboxylic acids is 1. The fraction of sp³-hybridized carbons (Fsp3) is 0.364. The highest BCUT2D eigenvalue weighted by Gasteiger charge is 2.33. The lowest BCUT2D eigenvalue weighted by molar-refractivity contribution is -0.140. The normalized spacial score (nSPS) is 14.6. The van der Waals surface area contributed by atoms with Crippen LogP contribution < -0.4 is 14.9 Å². The molecule has 0 aliphatic carbocycles. The number of carboxylic acids is 1. The van der Waals surface area contributed by atoms with Crippen molar-refractivity contribution in [1.29, 1.82) is 0 Å². The van der Waals surface area contributed by atoms with Gasteiger partial charge in [0.1, 0.15) is 11.7 Å². The molecule has 4 rings (SSSR count). The average Bonchev–Trinajstić information content (AvgIpc) is 3.02. The second-order valence-corrected chi connectivity index (χ2v) is 13.1. The average molecular weight is 618 g/mol. The Hall–Kier alpha value is -4.24. The van der Waals surface area contributed by atoms with Crippen molar-refractivity contribution in [2.75, 3.05) is 31.1 Å². The zero-order valence-electron chi connectivity index (χ0n) is 25.4. The number of aromatic nitrogens is 1. The third-order valence-corrected chi connectivity index (χ3v) is 9.06. The lowest BCUT2D eigenvalue weighted by atomic mass is 10.0. The molecule has 44 heavy (non-hydrogen) atoms. The van der Waals surface area contributed by atoms with Crippen LogP contribution in [0.25, 0.3) is 0 Å². The molecule has 10 nitrogen and oxygen atoms in total. The lowest BCUT2D eigenvalue weighted by Gasteiger charge is -2.36. The molecule has 3 aromatic rings. The van der Waals surface area contributed by atoms with Gasteiger partial charge in [-0.1, -0.05) is 63.8 Å². The fourth-order valence-electron chi connectivity index (χ4n) is 4.72. The van der Waals surface area contributed by atoms with E-state index in [0.717, 1.165) is 16.8 Å². The highest BCUT2D eigenvalue weighted by molar-refractivity contribution is 7.87. The summed E-state index contributed by atoms with van der Waals surface area (Å²) in [5, 5.41) is 12.3. The second-order valence-electron chi connectivity index (χ2n) is 11.4. The predicted molar refractivity (Wildman–Crippen MR) is 170 cm³/mol. The summed E-state index contributed by atoms with van der Waals surface area (Å²) in [5.74, 6) is 4.82. The monoisotopic (exact) mass is 617 g/mol. The number of benzene rings is 2. The highest BCUT2D eigenvalue weighted by atomic mass is 32.2. The maximum absolute atomic E-state index is 12.8. The summed E-state index contributed by atoms with van der Waals surface area (Å²) in [6.45, 7) is 9.44. The summed E-state index contributed by atoms with van der Waals surface area (Å²) < 4.78 is 29.1. The minimum Gasteiger partial charge on any atom is -0.480 e. The Labute approximate surface area is 259 Å². The van der Waals surface area contributed by atoms with E-state index < -0.39 is 22.2 Å². The third kappa shape index (κ3) is 8.66. The molecule has 1 amide bonds. The smallest absolute Gasteiger partial charge is 0.322 e. The quantitative estimate of drug-likeness (QED) is 0.296. The SMILES string of the molecule is CC(C)c1ccc(CNC(=O)c2cc(C#Cc3ccc(N4CCN(S(=O)(=O)N[C@@H](C(=O)O)C(C)C)CC4)cc3)ccn2)cc1. The van der Waals surface area contributed by atoms with E-state index in [-0.39, 0.29) is 24.9 Å². The predicted octanol–water partition coefficient (Wildman–Crippen LogP) is 3.60. The van der Waals surface area contributed by atoms with Crippen LogP contribution in [-0.2, 0) is 21.5 Å². The van der Waals surface area contributed by atoms with Gasteiger partial charge in [-0.3, -0.25) is 14.6 Å². The van der Waals surface area contributed by atoms with Gasteiger partial charge in [-0.25, -0.2) is 0 Å². The van der Waals surface area contributed by atoms with E-state index >= 15 is 0 Å². The summed E-state index contributed by atoms with van der Waals surface area (Å²) in [7, 11) is -3.92. The van der Waals surface area contributed by atoms with E-state index in [2.05, 4.69) is 57.7 Å². The Bertz CT molecular complexity index is 1620. The van der Waals surface area contributed by atoms with Crippen LogP contribution in [0.15, 0.2) is 66.9 Å². The fourth-order valence-corrected chi connectivity index (χ4v) is 6.21. The molecule has 3 N–H and O–H groups in total. The van der Waals surface area contributed by atoms with Crippen molar-refractivity contribution in [1.82, 2.24) is 19.3 Å². The molecule has 2 heterocycles. The van der Waals surface area contributed by atoms with E-state index in [1.165, 1.54) is 9.87 Å². The van der Waals surface area contributed by atoms with Crippen molar-refractivity contribution in [2.24, 2.45) is 5.92 Å². The lowest BCUT2D eigenvalue weighted by Crippen LogP contribution is -2.55. The van der Waals surface area contributed by atoms with Gasteiger partial charge in [0, 0.05) is 55.7 Å². The molecule has 232 valence electrons. The van der Waals surface area contributed by atoms with Crippen molar-refractivity contribution in [2.45, 2.75) is 46.2 Å². The molecule has 1 fully saturated rings. The van der Waals surface area contributed by atoms with Crippen LogP contribution in [0.1, 0.15) is 66.4 Å². The molecule has 2 aromatic carbocycles. The Morgan fingerprint density at radius 2 is 1.55 bits per heavy atom. The number of carbonyl (C=O) groups excluding carboxylic acids is 1. The standard InChI is InChI=1S/C33H39N5O5S/c1-23(2)28-11-7-27(8-12-28)22-35-32(39)30-21-26(15-16-34-30)6-5-25-9-13-29(14-10-25)37-17-19-38(20-18-37)44(42,43)36-31(24(3)4)33(40)41/h7-16,21,23-24,31,36H,17-20,22H2,1-4H3,(H,35,39)(H,40,41)/t31-/m1/s1. The topological polar surface area (TPSA) is 132 Å². The van der Waals surface area contributed by atoms with Crippen LogP contribution in [0.3, 0.4) is 0 Å². The van der Waals surface area contributed by atoms with E-state index in [4.69, 9.17) is 0 Å². The molecular formula is C33H39N5O5S. The minimum atomic E-state index is -3.92. The van der Waals surface area contributed by atoms with Gasteiger partial charge in [0.2, 0.25) is 0 Å². The van der Waals surface area contributed by atoms with Gasteiger partial charge in [0.25, 0.3) is 16.1 Å². The molecule has 1 saturated heterocycles. The molecule has 1 atom stereocenters. The molecular weight excluding hydrogens is 578 g/mol. The molecule has 0 unspecified atom stereocenters. The summed E-state index contributed by atoms with van der Waals surface area (Å²) in [4.78, 5) is 30.4. The van der Waals surface area contributed by atoms with Crippen molar-refractivity contribution in [3.63, 3.8) is 0 Å². The van der Waals surface area contributed by atoms with Gasteiger partial charge >= 0.3 is 5.97 Å². The van der Waals surface area contributed by atoms with Crippen molar-refractivity contribution in [3.05, 3.63) is 94.8 Å². The zero-order chi connectivity index (χ0) is 31.9. The zero-order valence-corrected chi connectivity index (χ0v) is 26.3. The third-order valence-electron chi connectivity index (χ3n) is 7.46. The maximum atomic E-state index is 12.8. The number of rotatable bonds is 10. The number of amides is 1. The number of pyridine rings is 1.